The van der Waals surface area contributed by atoms with Crippen molar-refractivity contribution in [3.05, 3.63) is 138 Å². The summed E-state index contributed by atoms with van der Waals surface area (Å²) >= 11 is 0. The van der Waals surface area contributed by atoms with Crippen molar-refractivity contribution in [2.75, 3.05) is 0 Å². The number of nitrogens with zero attached hydrogens (tertiary/aromatic N) is 3. The van der Waals surface area contributed by atoms with Crippen molar-refractivity contribution in [2.24, 2.45) is 0 Å². The Bertz CT molecular complexity index is 1960. The van der Waals surface area contributed by atoms with Crippen LogP contribution in [0.4, 0.5) is 0 Å². The lowest BCUT2D eigenvalue weighted by Gasteiger charge is -2.28. The van der Waals surface area contributed by atoms with Crippen LogP contribution in [0.1, 0.15) is 16.7 Å². The van der Waals surface area contributed by atoms with Crippen molar-refractivity contribution in [3.8, 4) is 50.7 Å². The minimum Gasteiger partial charge on any atom is -0.455 e. The predicted molar refractivity (Wildman–Crippen MR) is 145 cm³/mol. The molecule has 0 amide bonds. The van der Waals surface area contributed by atoms with Gasteiger partial charge in [-0.3, -0.25) is 0 Å². The minimum absolute atomic E-state index is 0.588. The van der Waals surface area contributed by atoms with Crippen LogP contribution >= 0.6 is 0 Å². The van der Waals surface area contributed by atoms with Crippen molar-refractivity contribution < 1.29 is 14.0 Å². The Kier molecular flexibility index (Phi) is 3.64. The fourth-order valence-corrected chi connectivity index (χ4v) is 7.15. The molecule has 0 N–H and O–H groups in total. The summed E-state index contributed by atoms with van der Waals surface area (Å²) in [5.74, 6) is 1.85. The fourth-order valence-electron chi connectivity index (χ4n) is 7.15. The zero-order valence-corrected chi connectivity index (χ0v) is 20.8. The second-order valence-corrected chi connectivity index (χ2v) is 10.2. The highest BCUT2D eigenvalue weighted by atomic mass is 16.5. The summed E-state index contributed by atoms with van der Waals surface area (Å²) in [6, 6.07) is 36.6. The molecule has 0 radical (unpaired) electrons. The molecule has 4 heteroatoms. The van der Waals surface area contributed by atoms with Gasteiger partial charge in [-0.1, -0.05) is 66.7 Å². The topological polar surface area (TPSA) is 21.9 Å². The van der Waals surface area contributed by atoms with Gasteiger partial charge in [0.2, 0.25) is 11.9 Å². The van der Waals surface area contributed by atoms with Crippen molar-refractivity contribution in [1.29, 1.82) is 0 Å². The van der Waals surface area contributed by atoms with Crippen LogP contribution in [-0.4, -0.2) is 4.68 Å². The summed E-state index contributed by atoms with van der Waals surface area (Å²) in [4.78, 5) is 0. The molecule has 3 aliphatic heterocycles. The minimum atomic E-state index is -0.588. The SMILES string of the molecule is Cc1c(-c2ccccc2)c2c3c(c1-c1ccccc1)-c1cccc[n+]1C31c3c(cccc3-n3ccc[n+]31)O2. The van der Waals surface area contributed by atoms with Crippen molar-refractivity contribution in [2.45, 2.75) is 12.6 Å². The first-order valence-electron chi connectivity index (χ1n) is 13.0. The fraction of sp³-hybridized carbons (Fsp3) is 0.0588. The number of hydrogen-bond acceptors (Lipinski definition) is 1. The Morgan fingerprint density at radius 1 is 0.658 bits per heavy atom. The summed E-state index contributed by atoms with van der Waals surface area (Å²) in [6.45, 7) is 2.25. The first-order valence-corrected chi connectivity index (χ1v) is 13.0. The third kappa shape index (κ3) is 2.15. The lowest BCUT2D eigenvalue weighted by Crippen LogP contribution is -2.73. The van der Waals surface area contributed by atoms with Crippen molar-refractivity contribution in [3.63, 3.8) is 0 Å². The predicted octanol–water partition coefficient (Wildman–Crippen LogP) is 6.39. The highest BCUT2D eigenvalue weighted by Crippen LogP contribution is 2.60. The Balaban J connectivity index is 1.57. The molecule has 178 valence electrons. The van der Waals surface area contributed by atoms with E-state index in [1.54, 1.807) is 0 Å². The molecule has 4 aromatic carbocycles. The van der Waals surface area contributed by atoms with Crippen LogP contribution in [-0.2, 0) is 5.66 Å². The van der Waals surface area contributed by atoms with Gasteiger partial charge in [-0.2, -0.15) is 0 Å². The zero-order chi connectivity index (χ0) is 25.0. The van der Waals surface area contributed by atoms with Crippen molar-refractivity contribution >= 4 is 0 Å². The van der Waals surface area contributed by atoms with E-state index in [1.807, 2.05) is 0 Å². The molecule has 0 saturated carbocycles. The normalized spacial score (nSPS) is 16.9. The van der Waals surface area contributed by atoms with Gasteiger partial charge in [0, 0.05) is 29.3 Å². The van der Waals surface area contributed by atoms with E-state index in [4.69, 9.17) is 4.74 Å². The molecule has 1 spiro atoms. The van der Waals surface area contributed by atoms with Crippen LogP contribution in [0, 0.1) is 6.92 Å². The van der Waals surface area contributed by atoms with E-state index in [9.17, 15) is 0 Å². The number of pyridine rings is 1. The van der Waals surface area contributed by atoms with Gasteiger partial charge in [-0.05, 0) is 46.5 Å². The average Bonchev–Trinajstić information content (AvgIpc) is 3.64. The van der Waals surface area contributed by atoms with Crippen LogP contribution < -0.4 is 14.0 Å². The van der Waals surface area contributed by atoms with Gasteiger partial charge in [-0.15, -0.1) is 9.25 Å². The molecule has 9 rings (SSSR count). The van der Waals surface area contributed by atoms with E-state index in [-0.39, 0.29) is 0 Å². The van der Waals surface area contributed by atoms with E-state index in [0.29, 0.717) is 0 Å². The Morgan fingerprint density at radius 3 is 2.18 bits per heavy atom. The second-order valence-electron chi connectivity index (χ2n) is 10.2. The highest BCUT2D eigenvalue weighted by Gasteiger charge is 2.72. The van der Waals surface area contributed by atoms with Crippen LogP contribution in [0.2, 0.25) is 0 Å². The maximum atomic E-state index is 7.00. The molecule has 6 aromatic rings. The first kappa shape index (κ1) is 20.1. The van der Waals surface area contributed by atoms with E-state index in [0.717, 1.165) is 28.3 Å². The lowest BCUT2D eigenvalue weighted by atomic mass is 9.79. The molecule has 5 heterocycles. The number of fused-ring (bicyclic) bond motifs is 4. The molecule has 1 unspecified atom stereocenters. The summed E-state index contributed by atoms with van der Waals surface area (Å²) in [7, 11) is 0. The van der Waals surface area contributed by atoms with Gasteiger partial charge in [0.15, 0.2) is 23.1 Å². The zero-order valence-electron chi connectivity index (χ0n) is 20.8. The smallest absolute Gasteiger partial charge is 0.447 e. The quantitative estimate of drug-likeness (QED) is 0.258. The maximum Gasteiger partial charge on any atom is 0.447 e. The van der Waals surface area contributed by atoms with E-state index in [1.165, 1.54) is 39.1 Å². The van der Waals surface area contributed by atoms with E-state index >= 15 is 0 Å². The number of hydrogen-bond donors (Lipinski definition) is 0. The molecule has 38 heavy (non-hydrogen) atoms. The van der Waals surface area contributed by atoms with Crippen LogP contribution in [0.3, 0.4) is 0 Å². The molecule has 4 nitrogen and oxygen atoms in total. The summed E-state index contributed by atoms with van der Waals surface area (Å²) in [5.41, 5.74) is 11.4. The molecule has 2 aromatic heterocycles. The molecular weight excluding hydrogens is 466 g/mol. The van der Waals surface area contributed by atoms with Crippen LogP contribution in [0.5, 0.6) is 11.5 Å². The number of ether oxygens (including phenoxy) is 1. The van der Waals surface area contributed by atoms with Gasteiger partial charge < -0.3 is 4.74 Å². The van der Waals surface area contributed by atoms with Gasteiger partial charge >= 0.3 is 5.66 Å². The molecule has 0 bridgehead atoms. The average molecular weight is 490 g/mol. The molecule has 0 aliphatic carbocycles. The lowest BCUT2D eigenvalue weighted by molar-refractivity contribution is -0.988. The second kappa shape index (κ2) is 6.87. The highest BCUT2D eigenvalue weighted by molar-refractivity contribution is 5.97. The molecule has 0 fully saturated rings. The number of rotatable bonds is 2. The Hall–Kier alpha value is -4.96. The molecule has 1 atom stereocenters. The largest absolute Gasteiger partial charge is 0.455 e. The Labute approximate surface area is 220 Å². The van der Waals surface area contributed by atoms with E-state index in [2.05, 4.69) is 143 Å². The van der Waals surface area contributed by atoms with E-state index < -0.39 is 5.66 Å². The molecular formula is C34H23N3O+2. The maximum absolute atomic E-state index is 7.00. The third-order valence-electron chi connectivity index (χ3n) is 8.47. The summed E-state index contributed by atoms with van der Waals surface area (Å²) in [5, 5.41) is 0. The standard InChI is InChI=1S/C34H23N3O/c1-22-28(23-12-4-2-5-13-23)30-25-16-8-9-19-35(25)34-31-26(36-20-11-21-37(34)36)17-10-18-27(31)38-33(32(30)34)29(22)24-14-6-3-7-15-24/h2-21H,1H3/q+2. The van der Waals surface area contributed by atoms with Gasteiger partial charge in [-0.25, -0.2) is 0 Å². The third-order valence-corrected chi connectivity index (χ3v) is 8.47. The number of benzene rings is 4. The Morgan fingerprint density at radius 2 is 1.39 bits per heavy atom. The van der Waals surface area contributed by atoms with Gasteiger partial charge in [0.25, 0.3) is 0 Å². The number of aromatic nitrogens is 3. The monoisotopic (exact) mass is 489 g/mol. The summed E-state index contributed by atoms with van der Waals surface area (Å²) < 4.78 is 14.1. The van der Waals surface area contributed by atoms with Crippen molar-refractivity contribution in [1.82, 2.24) is 4.68 Å². The van der Waals surface area contributed by atoms with Crippen LogP contribution in [0.15, 0.2) is 122 Å². The van der Waals surface area contributed by atoms with Gasteiger partial charge in [0.05, 0.1) is 11.8 Å². The van der Waals surface area contributed by atoms with Crippen LogP contribution in [0.25, 0.3) is 39.2 Å². The first-order chi connectivity index (χ1) is 18.8. The van der Waals surface area contributed by atoms with Gasteiger partial charge in [0.1, 0.15) is 11.4 Å². The molecule has 0 saturated heterocycles. The molecule has 3 aliphatic rings. The summed E-state index contributed by atoms with van der Waals surface area (Å²) in [6.07, 6.45) is 6.57.